The fraction of sp³-hybridized carbons (Fsp3) is 0.278. The number of ether oxygens (including phenoxy) is 1. The first-order valence-electron chi connectivity index (χ1n) is 15.3. The van der Waals surface area contributed by atoms with Gasteiger partial charge in [-0.1, -0.05) is 72.2 Å². The van der Waals surface area contributed by atoms with E-state index in [-0.39, 0.29) is 35.4 Å². The fourth-order valence-corrected chi connectivity index (χ4v) is 6.58. The molecule has 1 atom stereocenters. The van der Waals surface area contributed by atoms with Crippen molar-refractivity contribution in [2.45, 2.75) is 44.7 Å². The SMILES string of the molecule is CCOc1ccc(N(CC(=O)N(Cc2ccc(Br)cc2)C(Cc2ccccc2)C(=O)NCC(C)C)S(=O)(=O)c2ccc(F)cc2)cc1. The molecule has 1 unspecified atom stereocenters. The average molecular weight is 725 g/mol. The Morgan fingerprint density at radius 1 is 0.872 bits per heavy atom. The molecule has 0 aliphatic rings. The Bertz CT molecular complexity index is 1720. The van der Waals surface area contributed by atoms with Crippen LogP contribution in [0.1, 0.15) is 31.9 Å². The van der Waals surface area contributed by atoms with Gasteiger partial charge in [-0.25, -0.2) is 12.8 Å². The third kappa shape index (κ3) is 9.89. The number of nitrogens with zero attached hydrogens (tertiary/aromatic N) is 2. The Morgan fingerprint density at radius 2 is 1.51 bits per heavy atom. The van der Waals surface area contributed by atoms with E-state index in [1.54, 1.807) is 24.3 Å². The number of rotatable bonds is 15. The molecule has 0 bridgehead atoms. The van der Waals surface area contributed by atoms with E-state index in [0.717, 1.165) is 44.2 Å². The molecule has 11 heteroatoms. The normalized spacial score (nSPS) is 12.0. The second kappa shape index (κ2) is 16.6. The highest BCUT2D eigenvalue weighted by Crippen LogP contribution is 2.27. The number of anilines is 1. The quantitative estimate of drug-likeness (QED) is 0.149. The Kier molecular flexibility index (Phi) is 12.6. The molecule has 0 heterocycles. The van der Waals surface area contributed by atoms with Gasteiger partial charge in [0.1, 0.15) is 24.2 Å². The number of carbonyl (C=O) groups excluding carboxylic acids is 2. The highest BCUT2D eigenvalue weighted by molar-refractivity contribution is 9.10. The number of nitrogens with one attached hydrogen (secondary N) is 1. The maximum atomic E-state index is 14.5. The van der Waals surface area contributed by atoms with Gasteiger partial charge in [0.25, 0.3) is 10.0 Å². The zero-order chi connectivity index (χ0) is 34.0. The summed E-state index contributed by atoms with van der Waals surface area (Å²) in [5, 5.41) is 2.98. The van der Waals surface area contributed by atoms with Crippen molar-refractivity contribution < 1.29 is 27.1 Å². The van der Waals surface area contributed by atoms with E-state index in [4.69, 9.17) is 4.74 Å². The molecule has 4 rings (SSSR count). The van der Waals surface area contributed by atoms with E-state index in [1.807, 2.05) is 75.4 Å². The molecule has 2 amide bonds. The zero-order valence-corrected chi connectivity index (χ0v) is 29.0. The first-order valence-corrected chi connectivity index (χ1v) is 17.6. The number of sulfonamides is 1. The summed E-state index contributed by atoms with van der Waals surface area (Å²) in [6.45, 7) is 6.04. The van der Waals surface area contributed by atoms with Crippen molar-refractivity contribution >= 4 is 43.5 Å². The number of hydrogen-bond acceptors (Lipinski definition) is 5. The molecule has 0 saturated heterocycles. The molecule has 47 heavy (non-hydrogen) atoms. The van der Waals surface area contributed by atoms with Crippen LogP contribution in [0, 0.1) is 11.7 Å². The van der Waals surface area contributed by atoms with Crippen LogP contribution in [0.15, 0.2) is 112 Å². The average Bonchev–Trinajstić information content (AvgIpc) is 3.06. The zero-order valence-electron chi connectivity index (χ0n) is 26.6. The summed E-state index contributed by atoms with van der Waals surface area (Å²) in [6, 6.07) is 26.6. The molecule has 0 radical (unpaired) electrons. The molecule has 0 aliphatic heterocycles. The van der Waals surface area contributed by atoms with Crippen molar-refractivity contribution in [1.82, 2.24) is 10.2 Å². The number of benzene rings is 4. The van der Waals surface area contributed by atoms with Crippen molar-refractivity contribution in [3.63, 3.8) is 0 Å². The number of amides is 2. The summed E-state index contributed by atoms with van der Waals surface area (Å²) in [5.41, 5.74) is 1.80. The van der Waals surface area contributed by atoms with E-state index >= 15 is 0 Å². The minimum absolute atomic E-state index is 0.0480. The van der Waals surface area contributed by atoms with Gasteiger partial charge >= 0.3 is 0 Å². The van der Waals surface area contributed by atoms with Crippen molar-refractivity contribution in [1.29, 1.82) is 0 Å². The molecule has 1 N–H and O–H groups in total. The van der Waals surface area contributed by atoms with Crippen LogP contribution in [0.2, 0.25) is 0 Å². The second-order valence-corrected chi connectivity index (χ2v) is 14.2. The number of carbonyl (C=O) groups is 2. The molecule has 0 aromatic heterocycles. The molecule has 0 saturated carbocycles. The molecule has 0 aliphatic carbocycles. The van der Waals surface area contributed by atoms with Crippen LogP contribution in [-0.2, 0) is 32.6 Å². The van der Waals surface area contributed by atoms with Crippen LogP contribution in [0.3, 0.4) is 0 Å². The monoisotopic (exact) mass is 723 g/mol. The standard InChI is InChI=1S/C36H39BrFN3O5S/c1-4-46-32-18-16-31(17-19-32)41(47(44,45)33-20-14-30(38)15-21-33)25-35(42)40(24-28-10-12-29(37)13-11-28)34(36(43)39-23-26(2)3)22-27-8-6-5-7-9-27/h5-21,26,34H,4,22-25H2,1-3H3,(H,39,43). The minimum atomic E-state index is -4.36. The lowest BCUT2D eigenvalue weighted by Gasteiger charge is -2.34. The van der Waals surface area contributed by atoms with Crippen LogP contribution in [0.25, 0.3) is 0 Å². The predicted octanol–water partition coefficient (Wildman–Crippen LogP) is 6.59. The molecule has 248 valence electrons. The molecule has 4 aromatic carbocycles. The highest BCUT2D eigenvalue weighted by Gasteiger charge is 2.34. The van der Waals surface area contributed by atoms with Gasteiger partial charge in [-0.15, -0.1) is 0 Å². The van der Waals surface area contributed by atoms with Gasteiger partial charge in [0.15, 0.2) is 0 Å². The van der Waals surface area contributed by atoms with Gasteiger partial charge in [-0.2, -0.15) is 0 Å². The topological polar surface area (TPSA) is 96.0 Å². The Balaban J connectivity index is 1.79. The van der Waals surface area contributed by atoms with Crippen LogP contribution in [0.4, 0.5) is 10.1 Å². The third-order valence-corrected chi connectivity index (χ3v) is 9.65. The van der Waals surface area contributed by atoms with Gasteiger partial charge in [-0.05, 0) is 84.6 Å². The summed E-state index contributed by atoms with van der Waals surface area (Å²) in [7, 11) is -4.36. The maximum Gasteiger partial charge on any atom is 0.264 e. The fourth-order valence-electron chi connectivity index (χ4n) is 4.90. The van der Waals surface area contributed by atoms with Crippen molar-refractivity contribution in [3.8, 4) is 5.75 Å². The minimum Gasteiger partial charge on any atom is -0.494 e. The summed E-state index contributed by atoms with van der Waals surface area (Å²) in [6.07, 6.45) is 0.209. The van der Waals surface area contributed by atoms with E-state index in [1.165, 1.54) is 4.90 Å². The highest BCUT2D eigenvalue weighted by atomic mass is 79.9. The predicted molar refractivity (Wildman–Crippen MR) is 185 cm³/mol. The Morgan fingerprint density at radius 3 is 2.11 bits per heavy atom. The smallest absolute Gasteiger partial charge is 0.264 e. The molecular weight excluding hydrogens is 685 g/mol. The Labute approximate surface area is 284 Å². The lowest BCUT2D eigenvalue weighted by atomic mass is 10.0. The van der Waals surface area contributed by atoms with Crippen LogP contribution in [-0.4, -0.2) is 50.9 Å². The first kappa shape index (κ1) is 35.6. The van der Waals surface area contributed by atoms with Gasteiger partial charge < -0.3 is 15.0 Å². The van der Waals surface area contributed by atoms with Crippen LogP contribution in [0.5, 0.6) is 5.75 Å². The van der Waals surface area contributed by atoms with Crippen LogP contribution >= 0.6 is 15.9 Å². The van der Waals surface area contributed by atoms with E-state index in [9.17, 15) is 22.4 Å². The number of hydrogen-bond donors (Lipinski definition) is 1. The summed E-state index contributed by atoms with van der Waals surface area (Å²) < 4.78 is 49.4. The molecule has 0 spiro atoms. The Hall–Kier alpha value is -4.22. The number of halogens is 2. The summed E-state index contributed by atoms with van der Waals surface area (Å²) in [5.74, 6) is -0.828. The molecule has 8 nitrogen and oxygen atoms in total. The van der Waals surface area contributed by atoms with Gasteiger partial charge in [-0.3, -0.25) is 13.9 Å². The van der Waals surface area contributed by atoms with E-state index < -0.39 is 34.3 Å². The molecule has 0 fully saturated rings. The lowest BCUT2D eigenvalue weighted by molar-refractivity contribution is -0.140. The van der Waals surface area contributed by atoms with Crippen molar-refractivity contribution in [3.05, 3.63) is 125 Å². The summed E-state index contributed by atoms with van der Waals surface area (Å²) in [4.78, 5) is 29.6. The third-order valence-electron chi connectivity index (χ3n) is 7.34. The van der Waals surface area contributed by atoms with Crippen molar-refractivity contribution in [2.24, 2.45) is 5.92 Å². The van der Waals surface area contributed by atoms with Gasteiger partial charge in [0, 0.05) is 24.0 Å². The van der Waals surface area contributed by atoms with E-state index in [0.29, 0.717) is 18.9 Å². The van der Waals surface area contributed by atoms with Crippen molar-refractivity contribution in [2.75, 3.05) is 24.0 Å². The van der Waals surface area contributed by atoms with Gasteiger partial charge in [0.05, 0.1) is 17.2 Å². The largest absolute Gasteiger partial charge is 0.494 e. The first-order chi connectivity index (χ1) is 22.5. The second-order valence-electron chi connectivity index (χ2n) is 11.4. The van der Waals surface area contributed by atoms with E-state index in [2.05, 4.69) is 21.2 Å². The summed E-state index contributed by atoms with van der Waals surface area (Å²) >= 11 is 3.44. The van der Waals surface area contributed by atoms with Gasteiger partial charge in [0.2, 0.25) is 11.8 Å². The molecular formula is C36H39BrFN3O5S. The maximum absolute atomic E-state index is 14.5. The van der Waals surface area contributed by atoms with Crippen LogP contribution < -0.4 is 14.4 Å². The lowest BCUT2D eigenvalue weighted by Crippen LogP contribution is -2.53. The molecule has 4 aromatic rings.